The Balaban J connectivity index is 0. The van der Waals surface area contributed by atoms with Gasteiger partial charge in [-0.15, -0.1) is 0 Å². The van der Waals surface area contributed by atoms with Crippen LogP contribution in [0.25, 0.3) is 0 Å². The molecule has 1 unspecified atom stereocenters. The van der Waals surface area contributed by atoms with Crippen LogP contribution in [0.2, 0.25) is 0 Å². The average Bonchev–Trinajstić information content (AvgIpc) is 2.87. The molecule has 2 rings (SSSR count). The zero-order chi connectivity index (χ0) is 27.9. The van der Waals surface area contributed by atoms with E-state index in [1.54, 1.807) is 27.2 Å². The first-order chi connectivity index (χ1) is 17.2. The summed E-state index contributed by atoms with van der Waals surface area (Å²) >= 11 is 0. The largest absolute Gasteiger partial charge is 0.507 e. The van der Waals surface area contributed by atoms with Crippen LogP contribution >= 0.6 is 0 Å². The van der Waals surface area contributed by atoms with Crippen molar-refractivity contribution >= 4 is 12.2 Å². The quantitative estimate of drug-likeness (QED) is 0.290. The maximum atomic E-state index is 11.8. The van der Waals surface area contributed by atoms with Crippen LogP contribution in [-0.2, 0) is 16.0 Å². The molecule has 0 spiro atoms. The number of carbonyl (C=O) groups excluding carboxylic acids is 2. The van der Waals surface area contributed by atoms with E-state index in [4.69, 9.17) is 4.42 Å². The Bertz CT molecular complexity index is 932. The van der Waals surface area contributed by atoms with Crippen molar-refractivity contribution in [3.05, 3.63) is 75.5 Å². The summed E-state index contributed by atoms with van der Waals surface area (Å²) in [5, 5.41) is 12.2. The highest BCUT2D eigenvalue weighted by molar-refractivity contribution is 5.97. The van der Waals surface area contributed by atoms with Crippen molar-refractivity contribution in [2.45, 2.75) is 79.6 Å². The van der Waals surface area contributed by atoms with E-state index in [-0.39, 0.29) is 23.7 Å². The van der Waals surface area contributed by atoms with Crippen molar-refractivity contribution < 1.29 is 23.8 Å². The zero-order valence-corrected chi connectivity index (χ0v) is 23.2. The number of aromatic hydroxyl groups is 1. The molecule has 0 saturated carbocycles. The van der Waals surface area contributed by atoms with Crippen LogP contribution in [0.1, 0.15) is 93.5 Å². The Morgan fingerprint density at radius 3 is 2.22 bits per heavy atom. The average molecular weight is 504 g/mol. The Kier molecular flexibility index (Phi) is 21.7. The number of rotatable bonds is 10. The Labute approximate surface area is 216 Å². The third kappa shape index (κ3) is 14.9. The van der Waals surface area contributed by atoms with Crippen molar-refractivity contribution in [1.82, 2.24) is 5.32 Å². The molecule has 1 heterocycles. The molecule has 1 atom stereocenters. The number of benzene rings is 1. The third-order valence-electron chi connectivity index (χ3n) is 4.74. The predicted octanol–water partition coefficient (Wildman–Crippen LogP) is 6.32. The highest BCUT2D eigenvalue weighted by Gasteiger charge is 2.19. The summed E-state index contributed by atoms with van der Waals surface area (Å²) in [5.41, 5.74) is 1.71. The molecule has 7 nitrogen and oxygen atoms in total. The minimum absolute atomic E-state index is 0.102. The monoisotopic (exact) mass is 503 g/mol. The second kappa shape index (κ2) is 22.3. The van der Waals surface area contributed by atoms with Gasteiger partial charge >= 0.3 is 5.63 Å². The summed E-state index contributed by atoms with van der Waals surface area (Å²) in [5.74, 6) is -0.543. The summed E-state index contributed by atoms with van der Waals surface area (Å²) in [6.45, 7) is 11.8. The van der Waals surface area contributed by atoms with Gasteiger partial charge < -0.3 is 19.6 Å². The molecule has 0 fully saturated rings. The lowest BCUT2D eigenvalue weighted by Crippen LogP contribution is -2.15. The number of nitrogens with one attached hydrogen (secondary N) is 1. The van der Waals surface area contributed by atoms with Crippen LogP contribution in [0.5, 0.6) is 5.75 Å². The number of Topliss-reactive ketones (excluding diaryl/α,β-unsaturated/α-hetero) is 1. The van der Waals surface area contributed by atoms with E-state index in [0.29, 0.717) is 25.0 Å². The number of ketones is 1. The standard InChI is InChI=1S/C15H19NO5.C10H14.C2H6O.C2H6/c1-3-11(18)14-12(19)8-13(21-15(14)20)10(2)6-4-5-7-16-9-17;1-3-4-10-7-5-9(2)6-8-10;1-3-2;1-2/h5,7-10,19H,3-4,6H2,1-2H3,(H,16,17);5-8H,3-4H2,1-2H3;1-2H3;1-2H3/b7-5+;;;. The van der Waals surface area contributed by atoms with Crippen LogP contribution < -0.4 is 10.9 Å². The number of aryl methyl sites for hydroxylation is 2. The van der Waals surface area contributed by atoms with Gasteiger partial charge in [0.15, 0.2) is 5.78 Å². The van der Waals surface area contributed by atoms with Crippen molar-refractivity contribution in [3.63, 3.8) is 0 Å². The molecule has 0 bridgehead atoms. The fourth-order valence-electron chi connectivity index (χ4n) is 2.90. The molecule has 2 N–H and O–H groups in total. The molecule has 2 aromatic rings. The van der Waals surface area contributed by atoms with E-state index in [1.807, 2.05) is 20.8 Å². The molecule has 1 aromatic carbocycles. The number of ether oxygens (including phenoxy) is 1. The number of amides is 1. The van der Waals surface area contributed by atoms with E-state index in [9.17, 15) is 19.5 Å². The summed E-state index contributed by atoms with van der Waals surface area (Å²) in [6, 6.07) is 10.1. The molecule has 0 aliphatic heterocycles. The minimum atomic E-state index is -0.804. The number of hydrogen-bond acceptors (Lipinski definition) is 6. The lowest BCUT2D eigenvalue weighted by Gasteiger charge is -2.10. The predicted molar refractivity (Wildman–Crippen MR) is 147 cm³/mol. The van der Waals surface area contributed by atoms with Gasteiger partial charge in [-0.2, -0.15) is 0 Å². The minimum Gasteiger partial charge on any atom is -0.507 e. The van der Waals surface area contributed by atoms with Gasteiger partial charge in [-0.1, -0.05) is 76.9 Å². The second-order valence-electron chi connectivity index (χ2n) is 7.78. The van der Waals surface area contributed by atoms with Crippen molar-refractivity contribution in [2.24, 2.45) is 0 Å². The summed E-state index contributed by atoms with van der Waals surface area (Å²) in [7, 11) is 3.25. The molecule has 7 heteroatoms. The molecular weight excluding hydrogens is 458 g/mol. The molecule has 0 radical (unpaired) electrons. The first-order valence-electron chi connectivity index (χ1n) is 12.5. The molecular formula is C29H45NO6. The van der Waals surface area contributed by atoms with Crippen molar-refractivity contribution in [2.75, 3.05) is 14.2 Å². The lowest BCUT2D eigenvalue weighted by molar-refractivity contribution is -0.108. The van der Waals surface area contributed by atoms with Crippen LogP contribution in [0.15, 0.2) is 51.8 Å². The summed E-state index contributed by atoms with van der Waals surface area (Å²) in [4.78, 5) is 33.4. The molecule has 202 valence electrons. The van der Waals surface area contributed by atoms with E-state index in [2.05, 4.69) is 48.2 Å². The second-order valence-corrected chi connectivity index (χ2v) is 7.78. The van der Waals surface area contributed by atoms with Gasteiger partial charge in [0.05, 0.1) is 0 Å². The van der Waals surface area contributed by atoms with Crippen LogP contribution in [0.3, 0.4) is 0 Å². The fraction of sp³-hybridized carbons (Fsp3) is 0.483. The molecule has 0 saturated heterocycles. The Morgan fingerprint density at radius 1 is 1.17 bits per heavy atom. The van der Waals surface area contributed by atoms with E-state index < -0.39 is 11.4 Å². The van der Waals surface area contributed by atoms with Crippen molar-refractivity contribution in [1.29, 1.82) is 0 Å². The number of allylic oxidation sites excluding steroid dienone is 1. The third-order valence-corrected chi connectivity index (χ3v) is 4.74. The van der Waals surface area contributed by atoms with Crippen LogP contribution in [0, 0.1) is 6.92 Å². The van der Waals surface area contributed by atoms with Crippen LogP contribution in [-0.4, -0.2) is 31.5 Å². The van der Waals surface area contributed by atoms with Crippen molar-refractivity contribution in [3.8, 4) is 5.75 Å². The number of hydrogen-bond donors (Lipinski definition) is 2. The molecule has 0 aliphatic carbocycles. The fourth-order valence-corrected chi connectivity index (χ4v) is 2.90. The lowest BCUT2D eigenvalue weighted by atomic mass is 10.0. The maximum Gasteiger partial charge on any atom is 0.350 e. The Hall–Kier alpha value is -3.19. The van der Waals surface area contributed by atoms with Crippen LogP contribution in [0.4, 0.5) is 0 Å². The molecule has 0 aliphatic rings. The van der Waals surface area contributed by atoms with Gasteiger partial charge in [0, 0.05) is 32.6 Å². The Morgan fingerprint density at radius 2 is 1.75 bits per heavy atom. The summed E-state index contributed by atoms with van der Waals surface area (Å²) in [6.07, 6.45) is 7.78. The first kappa shape index (κ1) is 35.0. The number of methoxy groups -OCH3 is 1. The molecule has 1 amide bonds. The van der Waals surface area contributed by atoms with Gasteiger partial charge in [-0.25, -0.2) is 4.79 Å². The van der Waals surface area contributed by atoms with E-state index in [0.717, 1.165) is 0 Å². The topological polar surface area (TPSA) is 106 Å². The van der Waals surface area contributed by atoms with Gasteiger partial charge in [-0.05, 0) is 37.9 Å². The van der Waals surface area contributed by atoms with Gasteiger partial charge in [0.1, 0.15) is 17.1 Å². The smallest absolute Gasteiger partial charge is 0.350 e. The molecule has 36 heavy (non-hydrogen) atoms. The normalized spacial score (nSPS) is 10.6. The zero-order valence-electron chi connectivity index (χ0n) is 23.2. The van der Waals surface area contributed by atoms with Gasteiger partial charge in [0.25, 0.3) is 0 Å². The first-order valence-corrected chi connectivity index (χ1v) is 12.5. The molecule has 1 aromatic heterocycles. The highest BCUT2D eigenvalue weighted by Crippen LogP contribution is 2.25. The van der Waals surface area contributed by atoms with Gasteiger partial charge in [-0.3, -0.25) is 9.59 Å². The maximum absolute atomic E-state index is 11.8. The van der Waals surface area contributed by atoms with E-state index in [1.165, 1.54) is 36.2 Å². The highest BCUT2D eigenvalue weighted by atomic mass is 16.4. The summed E-state index contributed by atoms with van der Waals surface area (Å²) < 4.78 is 9.37. The number of carbonyl (C=O) groups is 2. The van der Waals surface area contributed by atoms with E-state index >= 15 is 0 Å². The SMILES string of the molecule is CC.CCC(=O)c1c(O)cc(C(C)CC/C=C/NC=O)oc1=O.CCCc1ccc(C)cc1.COC. The van der Waals surface area contributed by atoms with Gasteiger partial charge in [0.2, 0.25) is 6.41 Å².